The number of benzene rings is 2. The highest BCUT2D eigenvalue weighted by atomic mass is 16.5. The van der Waals surface area contributed by atoms with E-state index in [0.717, 1.165) is 22.9 Å². The molecule has 0 atom stereocenters. The first-order chi connectivity index (χ1) is 9.22. The van der Waals surface area contributed by atoms with E-state index in [1.807, 2.05) is 37.3 Å². The third-order valence-electron chi connectivity index (χ3n) is 2.87. The molecule has 98 valence electrons. The third-order valence-corrected chi connectivity index (χ3v) is 2.87. The smallest absolute Gasteiger partial charge is 0.336 e. The highest BCUT2D eigenvalue weighted by Gasteiger charge is 2.08. The molecule has 0 aliphatic rings. The predicted molar refractivity (Wildman–Crippen MR) is 75.8 cm³/mol. The number of carboxylic acid groups (broad SMARTS) is 1. The Labute approximate surface area is 112 Å². The summed E-state index contributed by atoms with van der Waals surface area (Å²) in [5.74, 6) is -0.146. The van der Waals surface area contributed by atoms with Crippen molar-refractivity contribution in [2.24, 2.45) is 0 Å². The van der Waals surface area contributed by atoms with Crippen molar-refractivity contribution in [1.82, 2.24) is 0 Å². The molecule has 0 spiro atoms. The van der Waals surface area contributed by atoms with Crippen LogP contribution < -0.4 is 4.74 Å². The van der Waals surface area contributed by atoms with Crippen molar-refractivity contribution in [1.29, 1.82) is 0 Å². The lowest BCUT2D eigenvalue weighted by Crippen LogP contribution is -1.98. The Morgan fingerprint density at radius 3 is 2.89 bits per heavy atom. The second-order valence-corrected chi connectivity index (χ2v) is 4.20. The van der Waals surface area contributed by atoms with Crippen molar-refractivity contribution in [3.8, 4) is 5.75 Å². The second kappa shape index (κ2) is 6.05. The summed E-state index contributed by atoms with van der Waals surface area (Å²) in [6, 6.07) is 10.7. The average Bonchev–Trinajstić information content (AvgIpc) is 2.42. The Morgan fingerprint density at radius 1 is 1.32 bits per heavy atom. The van der Waals surface area contributed by atoms with Crippen LogP contribution in [0.2, 0.25) is 0 Å². The average molecular weight is 256 g/mol. The van der Waals surface area contributed by atoms with E-state index in [1.54, 1.807) is 18.2 Å². The number of ether oxygens (including phenoxy) is 1. The monoisotopic (exact) mass is 256 g/mol. The van der Waals surface area contributed by atoms with Gasteiger partial charge in [0.1, 0.15) is 5.75 Å². The van der Waals surface area contributed by atoms with Crippen molar-refractivity contribution in [3.05, 3.63) is 54.1 Å². The topological polar surface area (TPSA) is 46.5 Å². The summed E-state index contributed by atoms with van der Waals surface area (Å²) < 4.78 is 5.62. The lowest BCUT2D eigenvalue weighted by atomic mass is 10.0. The van der Waals surface area contributed by atoms with Gasteiger partial charge in [0, 0.05) is 0 Å². The lowest BCUT2D eigenvalue weighted by molar-refractivity contribution is 0.0699. The van der Waals surface area contributed by atoms with Crippen LogP contribution in [0, 0.1) is 0 Å². The van der Waals surface area contributed by atoms with E-state index in [-0.39, 0.29) is 0 Å². The quantitative estimate of drug-likeness (QED) is 0.652. The molecule has 0 amide bonds. The molecule has 0 aromatic heterocycles. The molecule has 0 fully saturated rings. The van der Waals surface area contributed by atoms with E-state index in [0.29, 0.717) is 12.2 Å². The highest BCUT2D eigenvalue weighted by Crippen LogP contribution is 2.24. The Morgan fingerprint density at radius 2 is 2.16 bits per heavy atom. The van der Waals surface area contributed by atoms with Crippen molar-refractivity contribution in [3.63, 3.8) is 0 Å². The summed E-state index contributed by atoms with van der Waals surface area (Å²) in [6.07, 6.45) is 4.90. The molecule has 2 rings (SSSR count). The molecule has 0 saturated carbocycles. The SMILES string of the molecule is C/C=C/CCOc1ccc2c(C(=O)O)cccc2c1. The van der Waals surface area contributed by atoms with Crippen LogP contribution >= 0.6 is 0 Å². The zero-order valence-electron chi connectivity index (χ0n) is 10.8. The Kier molecular flexibility index (Phi) is 4.18. The van der Waals surface area contributed by atoms with Crippen LogP contribution in [0.25, 0.3) is 10.8 Å². The Hall–Kier alpha value is -2.29. The van der Waals surface area contributed by atoms with Crippen molar-refractivity contribution < 1.29 is 14.6 Å². The second-order valence-electron chi connectivity index (χ2n) is 4.20. The Bertz CT molecular complexity index is 614. The summed E-state index contributed by atoms with van der Waals surface area (Å²) in [6.45, 7) is 2.60. The minimum atomic E-state index is -0.910. The molecule has 2 aromatic rings. The zero-order valence-corrected chi connectivity index (χ0v) is 10.8. The number of carboxylic acids is 1. The largest absolute Gasteiger partial charge is 0.493 e. The van der Waals surface area contributed by atoms with Gasteiger partial charge < -0.3 is 9.84 Å². The zero-order chi connectivity index (χ0) is 13.7. The molecule has 1 N–H and O–H groups in total. The first-order valence-corrected chi connectivity index (χ1v) is 6.22. The standard InChI is InChI=1S/C16H16O3/c1-2-3-4-10-19-13-8-9-14-12(11-13)6-5-7-15(14)16(17)18/h2-3,5-9,11H,4,10H2,1H3,(H,17,18)/b3-2+. The maximum absolute atomic E-state index is 11.1. The normalized spacial score (nSPS) is 11.0. The molecule has 3 heteroatoms. The molecule has 0 saturated heterocycles. The van der Waals surface area contributed by atoms with Crippen molar-refractivity contribution >= 4 is 16.7 Å². The highest BCUT2D eigenvalue weighted by molar-refractivity contribution is 6.03. The van der Waals surface area contributed by atoms with Crippen LogP contribution in [-0.2, 0) is 0 Å². The molecular formula is C16H16O3. The minimum Gasteiger partial charge on any atom is -0.493 e. The summed E-state index contributed by atoms with van der Waals surface area (Å²) >= 11 is 0. The van der Waals surface area contributed by atoms with Crippen LogP contribution in [0.5, 0.6) is 5.75 Å². The van der Waals surface area contributed by atoms with Crippen LogP contribution in [0.4, 0.5) is 0 Å². The molecule has 2 aromatic carbocycles. The van der Waals surface area contributed by atoms with Crippen LogP contribution in [-0.4, -0.2) is 17.7 Å². The number of hydrogen-bond donors (Lipinski definition) is 1. The van der Waals surface area contributed by atoms with Crippen LogP contribution in [0.3, 0.4) is 0 Å². The van der Waals surface area contributed by atoms with Gasteiger partial charge in [-0.15, -0.1) is 0 Å². The number of hydrogen-bond acceptors (Lipinski definition) is 2. The lowest BCUT2D eigenvalue weighted by Gasteiger charge is -2.07. The molecule has 3 nitrogen and oxygen atoms in total. The molecule has 0 bridgehead atoms. The third kappa shape index (κ3) is 3.13. The number of carbonyl (C=O) groups is 1. The number of rotatable bonds is 5. The van der Waals surface area contributed by atoms with Gasteiger partial charge in [0.25, 0.3) is 0 Å². The van der Waals surface area contributed by atoms with Crippen molar-refractivity contribution in [2.75, 3.05) is 6.61 Å². The van der Waals surface area contributed by atoms with Gasteiger partial charge in [-0.1, -0.05) is 24.3 Å². The van der Waals surface area contributed by atoms with E-state index in [2.05, 4.69) is 0 Å². The van der Waals surface area contributed by atoms with Gasteiger partial charge in [0.15, 0.2) is 0 Å². The molecule has 0 unspecified atom stereocenters. The van der Waals surface area contributed by atoms with E-state index in [4.69, 9.17) is 9.84 Å². The summed E-state index contributed by atoms with van der Waals surface area (Å²) in [5.41, 5.74) is 0.318. The van der Waals surface area contributed by atoms with E-state index >= 15 is 0 Å². The number of allylic oxidation sites excluding steroid dienone is 1. The van der Waals surface area contributed by atoms with E-state index in [1.165, 1.54) is 0 Å². The molecule has 0 radical (unpaired) electrons. The van der Waals surface area contributed by atoms with Gasteiger partial charge in [-0.05, 0) is 48.4 Å². The van der Waals surface area contributed by atoms with Gasteiger partial charge in [-0.3, -0.25) is 0 Å². The summed E-state index contributed by atoms with van der Waals surface area (Å²) in [4.78, 5) is 11.1. The maximum Gasteiger partial charge on any atom is 0.336 e. The Balaban J connectivity index is 2.24. The fraction of sp³-hybridized carbons (Fsp3) is 0.188. The minimum absolute atomic E-state index is 0.318. The molecule has 0 heterocycles. The van der Waals surface area contributed by atoms with Gasteiger partial charge >= 0.3 is 5.97 Å². The predicted octanol–water partition coefficient (Wildman–Crippen LogP) is 3.88. The molecular weight excluding hydrogens is 240 g/mol. The first-order valence-electron chi connectivity index (χ1n) is 6.22. The molecule has 19 heavy (non-hydrogen) atoms. The van der Waals surface area contributed by atoms with Crippen molar-refractivity contribution in [2.45, 2.75) is 13.3 Å². The summed E-state index contributed by atoms with van der Waals surface area (Å²) in [5, 5.41) is 10.7. The van der Waals surface area contributed by atoms with Gasteiger partial charge in [-0.2, -0.15) is 0 Å². The fourth-order valence-electron chi connectivity index (χ4n) is 1.95. The number of fused-ring (bicyclic) bond motifs is 1. The van der Waals surface area contributed by atoms with Crippen LogP contribution in [0.15, 0.2) is 48.6 Å². The first kappa shape index (κ1) is 13.1. The number of aromatic carboxylic acids is 1. The summed E-state index contributed by atoms with van der Waals surface area (Å²) in [7, 11) is 0. The van der Waals surface area contributed by atoms with Gasteiger partial charge in [0.05, 0.1) is 12.2 Å². The van der Waals surface area contributed by atoms with Gasteiger partial charge in [0.2, 0.25) is 0 Å². The molecule has 0 aliphatic heterocycles. The van der Waals surface area contributed by atoms with Gasteiger partial charge in [-0.25, -0.2) is 4.79 Å². The maximum atomic E-state index is 11.1. The van der Waals surface area contributed by atoms with Crippen LogP contribution in [0.1, 0.15) is 23.7 Å². The van der Waals surface area contributed by atoms with E-state index < -0.39 is 5.97 Å². The fourth-order valence-corrected chi connectivity index (χ4v) is 1.95. The van der Waals surface area contributed by atoms with E-state index in [9.17, 15) is 4.79 Å². The molecule has 0 aliphatic carbocycles.